The highest BCUT2D eigenvalue weighted by Crippen LogP contribution is 2.44. The molecule has 0 atom stereocenters. The van der Waals surface area contributed by atoms with Crippen LogP contribution in [0, 0.1) is 3.57 Å². The normalized spacial score (nSPS) is 12.6. The molecule has 0 unspecified atom stereocenters. The zero-order chi connectivity index (χ0) is 99.2. The van der Waals surface area contributed by atoms with Gasteiger partial charge in [0.15, 0.2) is 0 Å². The van der Waals surface area contributed by atoms with Gasteiger partial charge in [-0.1, -0.05) is 221 Å². The van der Waals surface area contributed by atoms with Crippen molar-refractivity contribution in [3.8, 4) is 46.0 Å². The maximum Gasteiger partial charge on any atom is 0.323 e. The molecule has 9 aromatic carbocycles. The first kappa shape index (κ1) is 110. The number of unbranched alkanes of at least 4 members (excludes halogenated alkanes) is 28. The molecular formula is C116H155IN10O14. The van der Waals surface area contributed by atoms with Crippen LogP contribution in [0.5, 0.6) is 46.0 Å². The summed E-state index contributed by atoms with van der Waals surface area (Å²) in [5.74, 6) is 3.88. The minimum atomic E-state index is -0.535. The predicted octanol–water partition coefficient (Wildman–Crippen LogP) is 29.9. The van der Waals surface area contributed by atoms with Crippen molar-refractivity contribution >= 4 is 104 Å². The number of urea groups is 4. The van der Waals surface area contributed by atoms with Gasteiger partial charge in [0.2, 0.25) is 0 Å². The number of fused-ring (bicyclic) bond motifs is 10. The lowest BCUT2D eigenvalue weighted by Crippen LogP contribution is -2.28. The minimum absolute atomic E-state index is 0.0578. The summed E-state index contributed by atoms with van der Waals surface area (Å²) in [4.78, 5) is 88.4. The lowest BCUT2D eigenvalue weighted by molar-refractivity contribution is 0.0950. The summed E-state index contributed by atoms with van der Waals surface area (Å²) in [7, 11) is 0. The van der Waals surface area contributed by atoms with Crippen LogP contribution in [0.25, 0.3) is 0 Å². The second kappa shape index (κ2) is 62.4. The first-order valence-corrected chi connectivity index (χ1v) is 53.8. The number of anilines is 8. The standard InChI is InChI=1S/C116H155IN10O14/c1-7-13-17-21-25-29-33-37-63-134-103-51-43-95(44-52-103)120-113(130)124-99-76-84-69-88-80-101(126-115(132)122-97-47-55-105(56-48-97)136-65-39-35-31-27-23-19-15-9-3)82-90-71-86-78-100(125-114(131)121-96-45-53-104(54-46-96)135-64-38-34-30-26-22-18-14-8-2)79-87(108(86)139-62-12-6)72-91-83-102(127-116(133)123-98-49-57-106(58-50-98)137-66-40-36-32-28-24-20-16-10-4)81-89(70-85(77-99)107(84)138-61-11-5)110(91)141-68-42-60-119-112(129)93-73-92(74-94(117)75-93)111(128)118-59-41-67-140-109(88)90/h43-58,73-83H,7-42,59-72H2,1-6H3,(H,118,128)(H,119,129)(H2,120,124,130)(H2,121,125,131)(H2,122,126,132)(H2,123,127,133). The van der Waals surface area contributed by atoms with Crippen LogP contribution in [-0.2, 0) is 25.7 Å². The SMILES string of the molecule is CCCCCCCCCCOc1ccc(NC(=O)Nc2cc3c(OCCC)c(c2)Cc2cc(NC(=O)Nc4ccc(OCCCCCCCCCC)cc4)cc4c2OCCCNC(=O)c2cc(I)cc(c2)C(=O)NCCCOc2c(cc(NC(=O)Nc5ccc(OCCCCCCCCCC)cc5)cc2Cc2cc(NC(=O)Nc5ccc(OCCCCCCCCCC)cc5)cc(c2OCCC)C4)C3)cc1. The Balaban J connectivity index is 1.04. The molecule has 0 fully saturated rings. The van der Waals surface area contributed by atoms with Crippen molar-refractivity contribution in [1.29, 1.82) is 0 Å². The van der Waals surface area contributed by atoms with Crippen LogP contribution in [0.2, 0.25) is 0 Å². The molecule has 2 heterocycles. The Morgan fingerprint density at radius 2 is 0.496 bits per heavy atom. The molecule has 3 aliphatic rings. The van der Waals surface area contributed by atoms with Gasteiger partial charge in [-0.05, 0) is 238 Å². The first-order valence-electron chi connectivity index (χ1n) is 52.8. The number of halogens is 1. The van der Waals surface area contributed by atoms with E-state index in [1.54, 1.807) is 18.2 Å². The van der Waals surface area contributed by atoms with Crippen LogP contribution in [0.15, 0.2) is 164 Å². The maximum atomic E-state index is 15.0. The smallest absolute Gasteiger partial charge is 0.323 e. The van der Waals surface area contributed by atoms with Gasteiger partial charge < -0.3 is 91.1 Å². The third kappa shape index (κ3) is 39.2. The van der Waals surface area contributed by atoms with E-state index in [4.69, 9.17) is 37.9 Å². The van der Waals surface area contributed by atoms with Gasteiger partial charge in [0.1, 0.15) is 46.0 Å². The van der Waals surface area contributed by atoms with E-state index in [1.807, 2.05) is 159 Å². The molecule has 10 N–H and O–H groups in total. The number of carbonyl (C=O) groups is 6. The van der Waals surface area contributed by atoms with E-state index in [2.05, 4.69) is 103 Å². The molecule has 2 aliphatic heterocycles. The number of ether oxygens (including phenoxy) is 8. The first-order chi connectivity index (χ1) is 69.0. The number of amides is 10. The molecule has 12 rings (SSSR count). The van der Waals surface area contributed by atoms with E-state index in [1.165, 1.54) is 154 Å². The van der Waals surface area contributed by atoms with Crippen molar-refractivity contribution < 1.29 is 66.7 Å². The van der Waals surface area contributed by atoms with Crippen LogP contribution < -0.4 is 91.1 Å². The van der Waals surface area contributed by atoms with Gasteiger partial charge in [-0.15, -0.1) is 0 Å². The molecule has 1 aliphatic carbocycles. The highest BCUT2D eigenvalue weighted by Gasteiger charge is 2.28. The van der Waals surface area contributed by atoms with Gasteiger partial charge in [0.05, 0.1) is 52.9 Å². The van der Waals surface area contributed by atoms with E-state index in [-0.39, 0.29) is 77.0 Å². The second-order valence-corrected chi connectivity index (χ2v) is 38.5. The Bertz CT molecular complexity index is 4910. The van der Waals surface area contributed by atoms with Crippen LogP contribution >= 0.6 is 22.6 Å². The zero-order valence-corrected chi connectivity index (χ0v) is 86.7. The fourth-order valence-electron chi connectivity index (χ4n) is 17.7. The number of benzene rings is 9. The van der Waals surface area contributed by atoms with Crippen molar-refractivity contribution in [2.45, 2.75) is 298 Å². The largest absolute Gasteiger partial charge is 0.494 e. The molecule has 0 aromatic heterocycles. The Morgan fingerprint density at radius 3 is 0.738 bits per heavy atom. The molecule has 0 saturated heterocycles. The number of nitrogens with one attached hydrogen (secondary N) is 10. The van der Waals surface area contributed by atoms with Gasteiger partial charge in [-0.2, -0.15) is 0 Å². The third-order valence-electron chi connectivity index (χ3n) is 25.1. The Morgan fingerprint density at radius 1 is 0.270 bits per heavy atom. The lowest BCUT2D eigenvalue weighted by atomic mass is 9.90. The molecule has 0 radical (unpaired) electrons. The highest BCUT2D eigenvalue weighted by atomic mass is 127. The number of hydrogen-bond donors (Lipinski definition) is 10. The third-order valence-corrected chi connectivity index (χ3v) is 25.7. The summed E-state index contributed by atoms with van der Waals surface area (Å²) >= 11 is 2.12. The zero-order valence-electron chi connectivity index (χ0n) is 84.5. The van der Waals surface area contributed by atoms with Crippen molar-refractivity contribution in [3.05, 3.63) is 223 Å². The fourth-order valence-corrected chi connectivity index (χ4v) is 18.4. The summed E-state index contributed by atoms with van der Waals surface area (Å²) < 4.78 is 54.4. The molecular weight excluding hydrogens is 1880 g/mol. The molecule has 24 nitrogen and oxygen atoms in total. The average molecular weight is 2040 g/mol. The van der Waals surface area contributed by atoms with Crippen molar-refractivity contribution in [1.82, 2.24) is 10.6 Å². The minimum Gasteiger partial charge on any atom is -0.494 e. The summed E-state index contributed by atoms with van der Waals surface area (Å²) in [5, 5.41) is 31.4. The molecule has 0 spiro atoms. The Hall–Kier alpha value is -11.9. The summed E-state index contributed by atoms with van der Waals surface area (Å²) in [6, 6.07) is 47.5. The predicted molar refractivity (Wildman–Crippen MR) is 581 cm³/mol. The van der Waals surface area contributed by atoms with E-state index in [0.717, 1.165) is 51.4 Å². The number of rotatable bonds is 54. The number of carbonyl (C=O) groups excluding carboxylic acids is 6. The van der Waals surface area contributed by atoms with Crippen molar-refractivity contribution in [3.63, 3.8) is 0 Å². The molecule has 141 heavy (non-hydrogen) atoms. The Kier molecular flexibility index (Phi) is 48.5. The van der Waals surface area contributed by atoms with Gasteiger partial charge in [-0.3, -0.25) is 9.59 Å². The van der Waals surface area contributed by atoms with Gasteiger partial charge >= 0.3 is 24.1 Å². The van der Waals surface area contributed by atoms with E-state index in [0.29, 0.717) is 203 Å². The quantitative estimate of drug-likeness (QED) is 0.0125. The Labute approximate surface area is 851 Å². The van der Waals surface area contributed by atoms with Crippen LogP contribution in [0.1, 0.15) is 338 Å². The van der Waals surface area contributed by atoms with E-state index >= 15 is 0 Å². The summed E-state index contributed by atoms with van der Waals surface area (Å²) in [5.41, 5.74) is 9.14. The van der Waals surface area contributed by atoms with Gasteiger partial charge in [-0.25, -0.2) is 19.2 Å². The molecule has 25 heteroatoms. The van der Waals surface area contributed by atoms with Crippen LogP contribution in [0.3, 0.4) is 0 Å². The second-order valence-electron chi connectivity index (χ2n) is 37.3. The molecule has 760 valence electrons. The monoisotopic (exact) mass is 2040 g/mol. The maximum absolute atomic E-state index is 15.0. The summed E-state index contributed by atoms with van der Waals surface area (Å²) in [6.45, 7) is 16.4. The fraction of sp³-hybridized carbons (Fsp3) is 0.483. The van der Waals surface area contributed by atoms with E-state index < -0.39 is 24.1 Å². The van der Waals surface area contributed by atoms with Crippen molar-refractivity contribution in [2.75, 3.05) is 108 Å². The average Bonchev–Trinajstić information content (AvgIpc) is 0.768. The summed E-state index contributed by atoms with van der Waals surface area (Å²) in [6.07, 6.45) is 40.0. The van der Waals surface area contributed by atoms with Gasteiger partial charge in [0, 0.05) is 143 Å². The van der Waals surface area contributed by atoms with Gasteiger partial charge in [0.25, 0.3) is 11.8 Å². The topological polar surface area (TPSA) is 297 Å². The van der Waals surface area contributed by atoms with E-state index in [9.17, 15) is 28.8 Å². The molecule has 10 amide bonds. The van der Waals surface area contributed by atoms with Crippen LogP contribution in [0.4, 0.5) is 64.7 Å². The molecule has 0 saturated carbocycles. The molecule has 9 aromatic rings. The lowest BCUT2D eigenvalue weighted by Gasteiger charge is -2.25. The highest BCUT2D eigenvalue weighted by molar-refractivity contribution is 14.1. The van der Waals surface area contributed by atoms with Crippen LogP contribution in [-0.4, -0.2) is 102 Å². The number of hydrogen-bond acceptors (Lipinski definition) is 14. The van der Waals surface area contributed by atoms with Crippen molar-refractivity contribution in [2.24, 2.45) is 0 Å². The molecule has 12 bridgehead atoms.